The molecule has 2 heterocycles. The lowest BCUT2D eigenvalue weighted by molar-refractivity contribution is 0.482. The third kappa shape index (κ3) is 2.13. The van der Waals surface area contributed by atoms with Crippen LogP contribution in [0.15, 0.2) is 84.9 Å². The molecular formula is C26H20BN2. The topological polar surface area (TPSA) is 15.3 Å². The Labute approximate surface area is 171 Å². The molecule has 7 rings (SSSR count). The zero-order valence-corrected chi connectivity index (χ0v) is 16.0. The van der Waals surface area contributed by atoms with Crippen molar-refractivity contribution in [3.8, 4) is 0 Å². The molecule has 1 aliphatic carbocycles. The molecule has 4 aromatic rings. The second kappa shape index (κ2) is 5.67. The summed E-state index contributed by atoms with van der Waals surface area (Å²) in [5, 5.41) is 6.52. The standard InChI is InChI=1S/C26H20BN2/c1-2-8-17-15-24-21(13-16(17)7-1)28-22-14-18-9-3-4-10-19(18)25-26(22)29(24)23-12-6-5-11-20(23)27-25/h1-13,15,22,25-26,28H,14H2. The van der Waals surface area contributed by atoms with Crippen LogP contribution in [0.1, 0.15) is 16.9 Å². The first-order chi connectivity index (χ1) is 14.4. The van der Waals surface area contributed by atoms with Crippen LogP contribution in [0.3, 0.4) is 0 Å². The number of rotatable bonds is 0. The van der Waals surface area contributed by atoms with E-state index in [4.69, 9.17) is 0 Å². The van der Waals surface area contributed by atoms with Crippen molar-refractivity contribution >= 4 is 40.6 Å². The van der Waals surface area contributed by atoms with Gasteiger partial charge in [0.2, 0.25) is 0 Å². The van der Waals surface area contributed by atoms with Crippen molar-refractivity contribution in [1.29, 1.82) is 0 Å². The van der Waals surface area contributed by atoms with E-state index >= 15 is 0 Å². The zero-order valence-electron chi connectivity index (χ0n) is 16.0. The van der Waals surface area contributed by atoms with Gasteiger partial charge in [0.1, 0.15) is 0 Å². The van der Waals surface area contributed by atoms with Crippen molar-refractivity contribution in [2.45, 2.75) is 24.3 Å². The highest BCUT2D eigenvalue weighted by atomic mass is 15.3. The van der Waals surface area contributed by atoms with Gasteiger partial charge >= 0.3 is 0 Å². The molecule has 0 fully saturated rings. The quantitative estimate of drug-likeness (QED) is 0.448. The zero-order chi connectivity index (χ0) is 18.9. The minimum atomic E-state index is 0.395. The molecule has 3 atom stereocenters. The normalized spacial score (nSPS) is 23.2. The Bertz CT molecular complexity index is 1280. The Kier molecular flexibility index (Phi) is 3.07. The molecule has 0 spiro atoms. The van der Waals surface area contributed by atoms with Gasteiger partial charge in [-0.15, -0.1) is 0 Å². The molecule has 2 aliphatic heterocycles. The van der Waals surface area contributed by atoms with Gasteiger partial charge in [-0.3, -0.25) is 0 Å². The molecule has 0 aromatic heterocycles. The first-order valence-electron chi connectivity index (χ1n) is 10.5. The monoisotopic (exact) mass is 371 g/mol. The van der Waals surface area contributed by atoms with Gasteiger partial charge in [0.05, 0.1) is 23.5 Å². The Hall–Kier alpha value is -3.20. The van der Waals surface area contributed by atoms with E-state index in [1.807, 2.05) is 0 Å². The van der Waals surface area contributed by atoms with Crippen molar-refractivity contribution in [3.63, 3.8) is 0 Å². The van der Waals surface area contributed by atoms with Gasteiger partial charge in [0, 0.05) is 5.69 Å². The van der Waals surface area contributed by atoms with Crippen LogP contribution in [0.5, 0.6) is 0 Å². The number of anilines is 3. The van der Waals surface area contributed by atoms with Crippen molar-refractivity contribution in [3.05, 3.63) is 96.1 Å². The summed E-state index contributed by atoms with van der Waals surface area (Å²) in [7, 11) is 2.50. The molecule has 4 aromatic carbocycles. The van der Waals surface area contributed by atoms with E-state index < -0.39 is 0 Å². The SMILES string of the molecule is [B]1c2ccccc2N2c3cc4ccccc4cc3NC3Cc4ccccc4C1C32. The van der Waals surface area contributed by atoms with Gasteiger partial charge in [-0.2, -0.15) is 0 Å². The average molecular weight is 371 g/mol. The first-order valence-corrected chi connectivity index (χ1v) is 10.5. The molecule has 0 amide bonds. The maximum absolute atomic E-state index is 3.93. The van der Waals surface area contributed by atoms with Crippen LogP contribution >= 0.6 is 0 Å². The van der Waals surface area contributed by atoms with Gasteiger partial charge in [0.15, 0.2) is 7.28 Å². The number of nitrogens with zero attached hydrogens (tertiary/aromatic N) is 1. The van der Waals surface area contributed by atoms with E-state index in [-0.39, 0.29) is 0 Å². The lowest BCUT2D eigenvalue weighted by Crippen LogP contribution is -2.61. The number of hydrogen-bond acceptors (Lipinski definition) is 2. The number of benzene rings is 4. The van der Waals surface area contributed by atoms with Crippen LogP contribution in [0.2, 0.25) is 0 Å². The van der Waals surface area contributed by atoms with Gasteiger partial charge < -0.3 is 10.2 Å². The number of nitrogens with one attached hydrogen (secondary N) is 1. The van der Waals surface area contributed by atoms with Crippen molar-refractivity contribution < 1.29 is 0 Å². The summed E-state index contributed by atoms with van der Waals surface area (Å²) in [5.41, 5.74) is 8.18. The number of hydrogen-bond donors (Lipinski definition) is 1. The Morgan fingerprint density at radius 1 is 0.793 bits per heavy atom. The van der Waals surface area contributed by atoms with Crippen molar-refractivity contribution in [2.75, 3.05) is 10.2 Å². The van der Waals surface area contributed by atoms with Gasteiger partial charge in [0.25, 0.3) is 0 Å². The van der Waals surface area contributed by atoms with Crippen LogP contribution in [-0.2, 0) is 6.42 Å². The van der Waals surface area contributed by atoms with E-state index in [0.29, 0.717) is 17.9 Å². The molecule has 0 bridgehead atoms. The fourth-order valence-electron chi connectivity index (χ4n) is 5.74. The van der Waals surface area contributed by atoms with Crippen LogP contribution in [0.25, 0.3) is 10.8 Å². The molecule has 3 aliphatic rings. The maximum atomic E-state index is 3.93. The molecular weight excluding hydrogens is 351 g/mol. The van der Waals surface area contributed by atoms with E-state index in [1.165, 1.54) is 44.4 Å². The minimum Gasteiger partial charge on any atom is -0.378 e. The summed E-state index contributed by atoms with van der Waals surface area (Å²) < 4.78 is 0. The molecule has 0 saturated heterocycles. The lowest BCUT2D eigenvalue weighted by Gasteiger charge is -2.54. The molecule has 1 radical (unpaired) electrons. The number of fused-ring (bicyclic) bond motifs is 7. The summed E-state index contributed by atoms with van der Waals surface area (Å²) in [6, 6.07) is 32.1. The van der Waals surface area contributed by atoms with Gasteiger partial charge in [-0.1, -0.05) is 72.2 Å². The molecule has 0 saturated carbocycles. The smallest absolute Gasteiger partial charge is 0.166 e. The molecule has 3 unspecified atom stereocenters. The Morgan fingerprint density at radius 3 is 2.48 bits per heavy atom. The second-order valence-corrected chi connectivity index (χ2v) is 8.48. The van der Waals surface area contributed by atoms with Crippen molar-refractivity contribution in [1.82, 2.24) is 0 Å². The summed E-state index contributed by atoms with van der Waals surface area (Å²) in [5.74, 6) is 0.395. The summed E-state index contributed by atoms with van der Waals surface area (Å²) >= 11 is 0. The molecule has 1 N–H and O–H groups in total. The highest BCUT2D eigenvalue weighted by Gasteiger charge is 2.47. The molecule has 137 valence electrons. The molecule has 2 nitrogen and oxygen atoms in total. The minimum absolute atomic E-state index is 0.395. The third-order valence-corrected chi connectivity index (χ3v) is 6.95. The maximum Gasteiger partial charge on any atom is 0.166 e. The fourth-order valence-corrected chi connectivity index (χ4v) is 5.74. The molecule has 29 heavy (non-hydrogen) atoms. The van der Waals surface area contributed by atoms with E-state index in [9.17, 15) is 0 Å². The summed E-state index contributed by atoms with van der Waals surface area (Å²) in [4.78, 5) is 2.62. The summed E-state index contributed by atoms with van der Waals surface area (Å²) in [6.07, 6.45) is 1.07. The highest BCUT2D eigenvalue weighted by Crippen LogP contribution is 2.49. The predicted molar refractivity (Wildman–Crippen MR) is 122 cm³/mol. The van der Waals surface area contributed by atoms with Crippen LogP contribution in [-0.4, -0.2) is 19.4 Å². The lowest BCUT2D eigenvalue weighted by atomic mass is 9.48. The van der Waals surface area contributed by atoms with Crippen LogP contribution in [0.4, 0.5) is 17.1 Å². The van der Waals surface area contributed by atoms with Gasteiger partial charge in [-0.25, -0.2) is 0 Å². The largest absolute Gasteiger partial charge is 0.378 e. The number of para-hydroxylation sites is 1. The fraction of sp³-hybridized carbons (Fsp3) is 0.154. The first kappa shape index (κ1) is 15.7. The third-order valence-electron chi connectivity index (χ3n) is 6.95. The Balaban J connectivity index is 1.52. The van der Waals surface area contributed by atoms with E-state index in [2.05, 4.69) is 102 Å². The average Bonchev–Trinajstić information content (AvgIpc) is 2.77. The Morgan fingerprint density at radius 2 is 1.55 bits per heavy atom. The van der Waals surface area contributed by atoms with E-state index in [0.717, 1.165) is 6.42 Å². The summed E-state index contributed by atoms with van der Waals surface area (Å²) in [6.45, 7) is 0. The predicted octanol–water partition coefficient (Wildman–Crippen LogP) is 4.78. The molecule has 3 heteroatoms. The van der Waals surface area contributed by atoms with Gasteiger partial charge in [-0.05, 0) is 52.3 Å². The highest BCUT2D eigenvalue weighted by molar-refractivity contribution is 6.58. The van der Waals surface area contributed by atoms with Crippen LogP contribution in [0, 0.1) is 0 Å². The van der Waals surface area contributed by atoms with Crippen LogP contribution < -0.4 is 15.7 Å². The second-order valence-electron chi connectivity index (χ2n) is 8.48. The van der Waals surface area contributed by atoms with Crippen molar-refractivity contribution in [2.24, 2.45) is 0 Å². The van der Waals surface area contributed by atoms with E-state index in [1.54, 1.807) is 0 Å².